The summed E-state index contributed by atoms with van der Waals surface area (Å²) in [5.41, 5.74) is 2.94. The maximum absolute atomic E-state index is 11.4. The lowest BCUT2D eigenvalue weighted by molar-refractivity contribution is -0.393. The number of ether oxygens (including phenoxy) is 1. The van der Waals surface area contributed by atoms with Crippen LogP contribution in [0.2, 0.25) is 0 Å². The summed E-state index contributed by atoms with van der Waals surface area (Å²) in [5, 5.41) is 52.7. The molecule has 0 aromatic heterocycles. The summed E-state index contributed by atoms with van der Waals surface area (Å²) in [6, 6.07) is 12.2. The minimum Gasteiger partial charge on any atom is -0.497 e. The zero-order valence-electron chi connectivity index (χ0n) is 19.2. The fraction of sp³-hybridized carbons (Fsp3) is 0.0476. The van der Waals surface area contributed by atoms with Crippen molar-refractivity contribution in [2.75, 3.05) is 18.0 Å². The molecule has 0 heterocycles. The van der Waals surface area contributed by atoms with Gasteiger partial charge in [-0.05, 0) is 36.4 Å². The van der Waals surface area contributed by atoms with Crippen molar-refractivity contribution in [3.8, 4) is 5.75 Å². The minimum atomic E-state index is -0.821. The van der Waals surface area contributed by atoms with Crippen LogP contribution in [0.1, 0.15) is 5.56 Å². The lowest BCUT2D eigenvalue weighted by atomic mass is 10.1. The fourth-order valence-corrected chi connectivity index (χ4v) is 2.97. The molecule has 3 rings (SSSR count). The van der Waals surface area contributed by atoms with Crippen molar-refractivity contribution in [2.45, 2.75) is 0 Å². The molecule has 0 aliphatic rings. The quantitative estimate of drug-likeness (QED) is 0.204. The topological polar surface area (TPSA) is 231 Å². The van der Waals surface area contributed by atoms with E-state index < -0.39 is 42.4 Å². The van der Waals surface area contributed by atoms with Crippen molar-refractivity contribution in [2.24, 2.45) is 10.2 Å². The minimum absolute atomic E-state index is 0.0809. The Hall–Kier alpha value is -6.00. The molecule has 17 nitrogen and oxygen atoms in total. The van der Waals surface area contributed by atoms with Gasteiger partial charge in [0.15, 0.2) is 0 Å². The maximum Gasteiger partial charge on any atom is 0.301 e. The highest BCUT2D eigenvalue weighted by Crippen LogP contribution is 2.30. The van der Waals surface area contributed by atoms with Gasteiger partial charge in [-0.3, -0.25) is 51.3 Å². The Balaban J connectivity index is 1.97. The van der Waals surface area contributed by atoms with E-state index >= 15 is 0 Å². The predicted octanol–water partition coefficient (Wildman–Crippen LogP) is 4.24. The summed E-state index contributed by atoms with van der Waals surface area (Å²) in [6.45, 7) is 0. The van der Waals surface area contributed by atoms with Gasteiger partial charge in [-0.25, -0.2) is 0 Å². The fourth-order valence-electron chi connectivity index (χ4n) is 2.97. The predicted molar refractivity (Wildman–Crippen MR) is 135 cm³/mol. The highest BCUT2D eigenvalue weighted by Gasteiger charge is 2.20. The monoisotopic (exact) mass is 524 g/mol. The smallest absolute Gasteiger partial charge is 0.301 e. The molecule has 0 saturated carbocycles. The first-order valence-corrected chi connectivity index (χ1v) is 10.2. The highest BCUT2D eigenvalue weighted by molar-refractivity contribution is 6.38. The third-order valence-corrected chi connectivity index (χ3v) is 4.83. The molecule has 3 aromatic carbocycles. The van der Waals surface area contributed by atoms with Crippen LogP contribution < -0.4 is 15.6 Å². The van der Waals surface area contributed by atoms with Gasteiger partial charge in [-0.2, -0.15) is 10.2 Å². The number of non-ortho nitro benzene ring substituents is 2. The van der Waals surface area contributed by atoms with Crippen LogP contribution in [0, 0.1) is 40.5 Å². The lowest BCUT2D eigenvalue weighted by Crippen LogP contribution is -2.09. The zero-order chi connectivity index (χ0) is 27.8. The van der Waals surface area contributed by atoms with Gasteiger partial charge in [0.25, 0.3) is 11.4 Å². The van der Waals surface area contributed by atoms with Gasteiger partial charge in [-0.1, -0.05) is 0 Å². The SMILES string of the molecule is COc1ccc(C(/C=N/Nc2ccc([N+](=O)[O-])cc2[N+](=O)[O-])=N/Nc2ccc([N+](=O)[O-])cc2[N+](=O)[O-])cc1. The van der Waals surface area contributed by atoms with Gasteiger partial charge in [0, 0.05) is 17.7 Å². The van der Waals surface area contributed by atoms with Crippen LogP contribution in [0.15, 0.2) is 70.9 Å². The number of hydrogen-bond donors (Lipinski definition) is 2. The first kappa shape index (κ1) is 26.6. The Morgan fingerprint density at radius 3 is 1.68 bits per heavy atom. The van der Waals surface area contributed by atoms with Gasteiger partial charge in [0.1, 0.15) is 22.8 Å². The number of methoxy groups -OCH3 is 1. The van der Waals surface area contributed by atoms with E-state index in [1.807, 2.05) is 0 Å². The number of rotatable bonds is 11. The van der Waals surface area contributed by atoms with E-state index in [9.17, 15) is 40.5 Å². The normalized spacial score (nSPS) is 11.1. The summed E-state index contributed by atoms with van der Waals surface area (Å²) < 4.78 is 5.11. The molecule has 0 aliphatic carbocycles. The molecule has 3 aromatic rings. The van der Waals surface area contributed by atoms with Crippen molar-refractivity contribution in [1.29, 1.82) is 0 Å². The number of hydrogen-bond acceptors (Lipinski definition) is 13. The molecule has 38 heavy (non-hydrogen) atoms. The number of anilines is 2. The zero-order valence-corrected chi connectivity index (χ0v) is 19.2. The largest absolute Gasteiger partial charge is 0.497 e. The Kier molecular flexibility index (Phi) is 8.13. The van der Waals surface area contributed by atoms with E-state index in [2.05, 4.69) is 21.1 Å². The van der Waals surface area contributed by atoms with Crippen LogP contribution in [-0.4, -0.2) is 38.7 Å². The van der Waals surface area contributed by atoms with E-state index in [-0.39, 0.29) is 17.1 Å². The summed E-state index contributed by atoms with van der Waals surface area (Å²) in [5.74, 6) is 0.517. The Labute approximate surface area is 211 Å². The number of benzene rings is 3. The van der Waals surface area contributed by atoms with E-state index in [0.717, 1.165) is 42.6 Å². The third kappa shape index (κ3) is 6.36. The Bertz CT molecular complexity index is 1470. The second-order valence-corrected chi connectivity index (χ2v) is 7.14. The molecule has 0 saturated heterocycles. The number of nitrogens with one attached hydrogen (secondary N) is 2. The molecule has 17 heteroatoms. The molecular weight excluding hydrogens is 508 g/mol. The molecule has 0 unspecified atom stereocenters. The molecular formula is C21H16N8O9. The van der Waals surface area contributed by atoms with Crippen molar-refractivity contribution in [3.05, 3.63) is 107 Å². The van der Waals surface area contributed by atoms with Crippen LogP contribution in [0.3, 0.4) is 0 Å². The van der Waals surface area contributed by atoms with E-state index in [4.69, 9.17) is 4.74 Å². The van der Waals surface area contributed by atoms with E-state index in [0.29, 0.717) is 11.3 Å². The van der Waals surface area contributed by atoms with Crippen LogP contribution in [-0.2, 0) is 0 Å². The highest BCUT2D eigenvalue weighted by atomic mass is 16.6. The van der Waals surface area contributed by atoms with Crippen LogP contribution in [0.25, 0.3) is 0 Å². The summed E-state index contributed by atoms with van der Waals surface area (Å²) in [6.07, 6.45) is 1.14. The molecule has 194 valence electrons. The molecule has 0 radical (unpaired) electrons. The van der Waals surface area contributed by atoms with E-state index in [1.54, 1.807) is 24.3 Å². The second kappa shape index (κ2) is 11.6. The number of hydrazone groups is 2. The molecule has 0 fully saturated rings. The van der Waals surface area contributed by atoms with Gasteiger partial charge < -0.3 is 4.74 Å². The van der Waals surface area contributed by atoms with Crippen molar-refractivity contribution < 1.29 is 24.4 Å². The van der Waals surface area contributed by atoms with Crippen molar-refractivity contribution >= 4 is 46.1 Å². The van der Waals surface area contributed by atoms with Crippen molar-refractivity contribution in [1.82, 2.24) is 0 Å². The number of nitro benzene ring substituents is 4. The third-order valence-electron chi connectivity index (χ3n) is 4.83. The Morgan fingerprint density at radius 2 is 1.24 bits per heavy atom. The average Bonchev–Trinajstić information content (AvgIpc) is 2.90. The Morgan fingerprint density at radius 1 is 0.737 bits per heavy atom. The first-order valence-electron chi connectivity index (χ1n) is 10.2. The van der Waals surface area contributed by atoms with Gasteiger partial charge in [0.2, 0.25) is 0 Å². The standard InChI is InChI=1S/C21H16N8O9/c1-38-16-6-2-13(3-7-16)19(25-24-18-9-5-15(27(32)33)11-21(18)29(36)37)12-22-23-17-8-4-14(26(30)31)10-20(17)28(34)35/h2-12,23-24H,1H3/b22-12+,25-19+. The summed E-state index contributed by atoms with van der Waals surface area (Å²) >= 11 is 0. The summed E-state index contributed by atoms with van der Waals surface area (Å²) in [4.78, 5) is 41.4. The van der Waals surface area contributed by atoms with Gasteiger partial charge >= 0.3 is 11.4 Å². The van der Waals surface area contributed by atoms with Gasteiger partial charge in [0.05, 0.1) is 45.2 Å². The van der Waals surface area contributed by atoms with Crippen molar-refractivity contribution in [3.63, 3.8) is 0 Å². The maximum atomic E-state index is 11.4. The number of nitrogens with zero attached hydrogens (tertiary/aromatic N) is 6. The molecule has 0 atom stereocenters. The summed E-state index contributed by atoms with van der Waals surface area (Å²) in [7, 11) is 1.46. The number of nitro groups is 4. The molecule has 0 aliphatic heterocycles. The lowest BCUT2D eigenvalue weighted by Gasteiger charge is -2.07. The first-order chi connectivity index (χ1) is 18.1. The average molecular weight is 524 g/mol. The molecule has 2 N–H and O–H groups in total. The van der Waals surface area contributed by atoms with Crippen LogP contribution >= 0.6 is 0 Å². The molecule has 0 bridgehead atoms. The van der Waals surface area contributed by atoms with E-state index in [1.165, 1.54) is 7.11 Å². The van der Waals surface area contributed by atoms with Gasteiger partial charge in [-0.15, -0.1) is 0 Å². The molecule has 0 amide bonds. The van der Waals surface area contributed by atoms with Crippen LogP contribution in [0.4, 0.5) is 34.1 Å². The second-order valence-electron chi connectivity index (χ2n) is 7.14. The molecule has 0 spiro atoms. The van der Waals surface area contributed by atoms with Crippen LogP contribution in [0.5, 0.6) is 5.75 Å².